The Hall–Kier alpha value is -3.08. The van der Waals surface area contributed by atoms with E-state index in [2.05, 4.69) is 54.0 Å². The molecule has 5 nitrogen and oxygen atoms in total. The number of anilines is 1. The first-order chi connectivity index (χ1) is 15.3. The minimum Gasteiger partial charge on any atom is -0.480 e. The number of rotatable bonds is 8. The average Bonchev–Trinajstić information content (AvgIpc) is 3.27. The number of carbonyl (C=O) groups is 2. The molecule has 0 radical (unpaired) electrons. The van der Waals surface area contributed by atoms with E-state index in [0.717, 1.165) is 16.7 Å². The minimum absolute atomic E-state index is 0.339. The van der Waals surface area contributed by atoms with Crippen LogP contribution < -0.4 is 10.6 Å². The van der Waals surface area contributed by atoms with Gasteiger partial charge in [0.2, 0.25) is 5.91 Å². The molecule has 3 rings (SSSR count). The summed E-state index contributed by atoms with van der Waals surface area (Å²) in [6.07, 6.45) is 7.52. The van der Waals surface area contributed by atoms with E-state index < -0.39 is 12.0 Å². The van der Waals surface area contributed by atoms with Crippen LogP contribution in [0.4, 0.5) is 5.69 Å². The number of hydrogen-bond acceptors (Lipinski definition) is 3. The zero-order valence-electron chi connectivity index (χ0n) is 19.5. The summed E-state index contributed by atoms with van der Waals surface area (Å²) in [5.41, 5.74) is 7.26. The number of benzene rings is 2. The van der Waals surface area contributed by atoms with Crippen LogP contribution in [-0.4, -0.2) is 29.1 Å². The number of amides is 1. The number of nitrogens with one attached hydrogen (secondary N) is 2. The molecule has 1 aliphatic rings. The highest BCUT2D eigenvalue weighted by molar-refractivity contribution is 5.99. The lowest BCUT2D eigenvalue weighted by Gasteiger charge is -2.15. The van der Waals surface area contributed by atoms with Gasteiger partial charge in [0.1, 0.15) is 6.04 Å². The van der Waals surface area contributed by atoms with Gasteiger partial charge in [0, 0.05) is 17.3 Å². The Labute approximate surface area is 190 Å². The van der Waals surface area contributed by atoms with E-state index in [1.807, 2.05) is 19.9 Å². The molecule has 170 valence electrons. The third kappa shape index (κ3) is 5.78. The van der Waals surface area contributed by atoms with Gasteiger partial charge < -0.3 is 15.7 Å². The van der Waals surface area contributed by atoms with Gasteiger partial charge in [-0.1, -0.05) is 44.0 Å². The molecule has 0 aromatic heterocycles. The van der Waals surface area contributed by atoms with E-state index in [9.17, 15) is 9.59 Å². The van der Waals surface area contributed by atoms with Gasteiger partial charge >= 0.3 is 5.97 Å². The van der Waals surface area contributed by atoms with Gasteiger partial charge in [0.15, 0.2) is 0 Å². The van der Waals surface area contributed by atoms with Gasteiger partial charge in [-0.3, -0.25) is 9.59 Å². The molecule has 1 fully saturated rings. The van der Waals surface area contributed by atoms with E-state index >= 15 is 0 Å². The zero-order valence-corrected chi connectivity index (χ0v) is 19.5. The van der Waals surface area contributed by atoms with E-state index in [1.54, 1.807) is 0 Å². The molecule has 0 spiro atoms. The lowest BCUT2D eigenvalue weighted by molar-refractivity contribution is -0.140. The van der Waals surface area contributed by atoms with Crippen molar-refractivity contribution >= 4 is 23.6 Å². The Balaban J connectivity index is 1.80. The molecule has 2 aromatic rings. The van der Waals surface area contributed by atoms with Crippen molar-refractivity contribution in [1.29, 1.82) is 0 Å². The highest BCUT2D eigenvalue weighted by Crippen LogP contribution is 2.30. The second-order valence-corrected chi connectivity index (χ2v) is 8.78. The van der Waals surface area contributed by atoms with Crippen molar-refractivity contribution < 1.29 is 14.7 Å². The van der Waals surface area contributed by atoms with Gasteiger partial charge in [0.25, 0.3) is 0 Å². The standard InChI is InChI=1S/C27H34N2O3/c1-5-20(26(30)28-19(4)27(31)32)16-22-14-18(3)25(15-17(22)2)21-10-12-24(13-11-21)29-23-8-6-7-9-23/h10-16,19,23,29H,5-9H2,1-4H3,(H,28,30)(H,31,32)/b20-16+/t19-/m1/s1. The molecule has 3 N–H and O–H groups in total. The normalized spacial score (nSPS) is 15.4. The van der Waals surface area contributed by atoms with Crippen LogP contribution in [0.2, 0.25) is 0 Å². The highest BCUT2D eigenvalue weighted by atomic mass is 16.4. The predicted molar refractivity (Wildman–Crippen MR) is 131 cm³/mol. The maximum atomic E-state index is 12.5. The Morgan fingerprint density at radius 1 is 1.09 bits per heavy atom. The molecule has 0 aliphatic heterocycles. The number of aryl methyl sites for hydroxylation is 2. The van der Waals surface area contributed by atoms with E-state index in [4.69, 9.17) is 5.11 Å². The Morgan fingerprint density at radius 2 is 1.75 bits per heavy atom. The summed E-state index contributed by atoms with van der Waals surface area (Å²) in [5.74, 6) is -1.39. The molecule has 0 saturated heterocycles. The van der Waals surface area contributed by atoms with Crippen molar-refractivity contribution in [1.82, 2.24) is 5.32 Å². The van der Waals surface area contributed by atoms with Crippen LogP contribution in [-0.2, 0) is 9.59 Å². The third-order valence-corrected chi connectivity index (χ3v) is 6.26. The maximum Gasteiger partial charge on any atom is 0.325 e. The van der Waals surface area contributed by atoms with Crippen molar-refractivity contribution in [3.05, 3.63) is 58.7 Å². The van der Waals surface area contributed by atoms with Crippen LogP contribution in [0.1, 0.15) is 62.6 Å². The van der Waals surface area contributed by atoms with Gasteiger partial charge in [-0.05, 0) is 86.1 Å². The summed E-state index contributed by atoms with van der Waals surface area (Å²) in [7, 11) is 0. The van der Waals surface area contributed by atoms with Crippen LogP contribution in [0.15, 0.2) is 42.0 Å². The quantitative estimate of drug-likeness (QED) is 0.465. The predicted octanol–water partition coefficient (Wildman–Crippen LogP) is 5.71. The number of carboxylic acid groups (broad SMARTS) is 1. The van der Waals surface area contributed by atoms with E-state index in [0.29, 0.717) is 18.0 Å². The molecule has 0 bridgehead atoms. The summed E-state index contributed by atoms with van der Waals surface area (Å²) in [5, 5.41) is 15.2. The van der Waals surface area contributed by atoms with Gasteiger partial charge in [-0.25, -0.2) is 0 Å². The first-order valence-electron chi connectivity index (χ1n) is 11.5. The zero-order chi connectivity index (χ0) is 23.3. The fourth-order valence-electron chi connectivity index (χ4n) is 4.22. The van der Waals surface area contributed by atoms with Crippen molar-refractivity contribution in [3.63, 3.8) is 0 Å². The molecule has 5 heteroatoms. The summed E-state index contributed by atoms with van der Waals surface area (Å²) in [6.45, 7) is 7.48. The fourth-order valence-corrected chi connectivity index (χ4v) is 4.22. The molecule has 1 atom stereocenters. The highest BCUT2D eigenvalue weighted by Gasteiger charge is 2.17. The first kappa shape index (κ1) is 23.6. The SMILES string of the molecule is CC/C(=C\c1cc(C)c(-c2ccc(NC3CCCC3)cc2)cc1C)C(=O)N[C@H](C)C(=O)O. The Kier molecular flexibility index (Phi) is 7.73. The molecule has 1 aliphatic carbocycles. The Morgan fingerprint density at radius 3 is 2.34 bits per heavy atom. The summed E-state index contributed by atoms with van der Waals surface area (Å²) < 4.78 is 0. The van der Waals surface area contributed by atoms with Crippen LogP contribution in [0.3, 0.4) is 0 Å². The van der Waals surface area contributed by atoms with Gasteiger partial charge in [0.05, 0.1) is 0 Å². The van der Waals surface area contributed by atoms with Crippen LogP contribution in [0.5, 0.6) is 0 Å². The summed E-state index contributed by atoms with van der Waals surface area (Å²) in [6, 6.07) is 12.6. The molecule has 0 heterocycles. The number of aliphatic carboxylic acids is 1. The third-order valence-electron chi connectivity index (χ3n) is 6.26. The maximum absolute atomic E-state index is 12.5. The molecule has 32 heavy (non-hydrogen) atoms. The van der Waals surface area contributed by atoms with Crippen LogP contribution >= 0.6 is 0 Å². The molecule has 2 aromatic carbocycles. The van der Waals surface area contributed by atoms with Gasteiger partial charge in [-0.15, -0.1) is 0 Å². The monoisotopic (exact) mass is 434 g/mol. The van der Waals surface area contributed by atoms with Crippen LogP contribution in [0, 0.1) is 13.8 Å². The lowest BCUT2D eigenvalue weighted by Crippen LogP contribution is -2.39. The number of hydrogen-bond donors (Lipinski definition) is 3. The van der Waals surface area contributed by atoms with Gasteiger partial charge in [-0.2, -0.15) is 0 Å². The smallest absolute Gasteiger partial charge is 0.325 e. The second-order valence-electron chi connectivity index (χ2n) is 8.78. The van der Waals surface area contributed by atoms with Crippen molar-refractivity contribution in [3.8, 4) is 11.1 Å². The van der Waals surface area contributed by atoms with Crippen LogP contribution in [0.25, 0.3) is 17.2 Å². The number of carbonyl (C=O) groups excluding carboxylic acids is 1. The lowest BCUT2D eigenvalue weighted by atomic mass is 9.93. The second kappa shape index (κ2) is 10.5. The van der Waals surface area contributed by atoms with Crippen molar-refractivity contribution in [2.75, 3.05) is 5.32 Å². The molecular weight excluding hydrogens is 400 g/mol. The van der Waals surface area contributed by atoms with Crippen molar-refractivity contribution in [2.24, 2.45) is 0 Å². The fraction of sp³-hybridized carbons (Fsp3) is 0.407. The van der Waals surface area contributed by atoms with E-state index in [1.165, 1.54) is 49.4 Å². The average molecular weight is 435 g/mol. The summed E-state index contributed by atoms with van der Waals surface area (Å²) >= 11 is 0. The molecule has 1 amide bonds. The molecule has 1 saturated carbocycles. The van der Waals surface area contributed by atoms with Crippen molar-refractivity contribution in [2.45, 2.75) is 71.9 Å². The number of carboxylic acids is 1. The largest absolute Gasteiger partial charge is 0.480 e. The topological polar surface area (TPSA) is 78.4 Å². The summed E-state index contributed by atoms with van der Waals surface area (Å²) in [4.78, 5) is 23.5. The minimum atomic E-state index is -1.05. The molecule has 0 unspecified atom stereocenters. The first-order valence-corrected chi connectivity index (χ1v) is 11.5. The Bertz CT molecular complexity index is 1000. The van der Waals surface area contributed by atoms with E-state index in [-0.39, 0.29) is 5.91 Å². The molecular formula is C27H34N2O3.